The van der Waals surface area contributed by atoms with Gasteiger partial charge in [0.05, 0.1) is 7.11 Å². The van der Waals surface area contributed by atoms with Gasteiger partial charge in [0.15, 0.2) is 5.70 Å². The Kier molecular flexibility index (Phi) is 4.13. The van der Waals surface area contributed by atoms with Crippen molar-refractivity contribution in [3.8, 4) is 0 Å². The lowest BCUT2D eigenvalue weighted by molar-refractivity contribution is -0.136. The molecule has 0 amide bonds. The minimum atomic E-state index is -0.688. The van der Waals surface area contributed by atoms with Crippen LogP contribution in [0.25, 0.3) is 6.08 Å². The second-order valence-electron chi connectivity index (χ2n) is 2.97. The third-order valence-corrected chi connectivity index (χ3v) is 2.13. The molecule has 0 aliphatic rings. The highest BCUT2D eigenvalue weighted by Gasteiger charge is 2.09. The van der Waals surface area contributed by atoms with Gasteiger partial charge in [-0.3, -0.25) is 0 Å². The molecule has 1 aromatic heterocycles. The van der Waals surface area contributed by atoms with Crippen LogP contribution in [0.15, 0.2) is 22.9 Å². The summed E-state index contributed by atoms with van der Waals surface area (Å²) in [6.07, 6.45) is 1.35. The lowest BCUT2D eigenvalue weighted by atomic mass is 10.2. The first-order valence-corrected chi connectivity index (χ1v) is 4.77. The van der Waals surface area contributed by atoms with Crippen LogP contribution in [-0.4, -0.2) is 18.1 Å². The largest absolute Gasteiger partial charge is 0.464 e. The number of methoxy groups -OCH3 is 1. The second kappa shape index (κ2) is 5.37. The van der Waals surface area contributed by atoms with Crippen molar-refractivity contribution >= 4 is 23.6 Å². The number of hydrogen-bond donors (Lipinski definition) is 1. The summed E-state index contributed by atoms with van der Waals surface area (Å²) in [5.41, 5.74) is 8.00. The Labute approximate surface area is 97.6 Å². The molecule has 0 aliphatic carbocycles. The van der Waals surface area contributed by atoms with Crippen LogP contribution in [0.5, 0.6) is 0 Å². The maximum atomic E-state index is 11.2. The van der Waals surface area contributed by atoms with Crippen molar-refractivity contribution in [2.45, 2.75) is 6.92 Å². The Morgan fingerprint density at radius 1 is 1.62 bits per heavy atom. The van der Waals surface area contributed by atoms with E-state index in [4.69, 9.17) is 17.1 Å². The molecule has 0 atom stereocenters. The van der Waals surface area contributed by atoms with E-state index in [1.165, 1.54) is 13.2 Å². The van der Waals surface area contributed by atoms with Crippen molar-refractivity contribution in [3.63, 3.8) is 0 Å². The average molecular weight is 240 g/mol. The molecule has 84 valence electrons. The van der Waals surface area contributed by atoms with Crippen LogP contribution in [0.1, 0.15) is 11.3 Å². The minimum Gasteiger partial charge on any atom is -0.464 e. The van der Waals surface area contributed by atoms with Crippen LogP contribution in [0.2, 0.25) is 5.15 Å². The molecule has 0 spiro atoms. The number of nitrogens with one attached hydrogen (secondary N) is 1. The molecule has 5 nitrogen and oxygen atoms in total. The molecule has 0 saturated carbocycles. The fraction of sp³-hybridized carbons (Fsp3) is 0.200. The summed E-state index contributed by atoms with van der Waals surface area (Å²) in [4.78, 5) is 15.2. The van der Waals surface area contributed by atoms with Gasteiger partial charge in [0.1, 0.15) is 5.15 Å². The molecule has 0 aliphatic heterocycles. The molecule has 0 fully saturated rings. The molecule has 0 bridgehead atoms. The van der Waals surface area contributed by atoms with E-state index in [0.29, 0.717) is 5.56 Å². The maximum Gasteiger partial charge on any atom is 0.358 e. The third kappa shape index (κ3) is 2.87. The van der Waals surface area contributed by atoms with Crippen LogP contribution in [0, 0.1) is 12.5 Å². The lowest BCUT2D eigenvalue weighted by Gasteiger charge is -2.01. The van der Waals surface area contributed by atoms with Gasteiger partial charge in [-0.2, -0.15) is 5.11 Å². The van der Waals surface area contributed by atoms with Crippen molar-refractivity contribution in [1.29, 1.82) is 5.53 Å². The quantitative estimate of drug-likeness (QED) is 0.381. The van der Waals surface area contributed by atoms with Crippen LogP contribution >= 0.6 is 11.6 Å². The number of pyridine rings is 1. The molecule has 0 aromatic carbocycles. The molecule has 16 heavy (non-hydrogen) atoms. The molecule has 0 radical (unpaired) electrons. The van der Waals surface area contributed by atoms with Gasteiger partial charge in [-0.15, -0.1) is 0 Å². The first-order valence-electron chi connectivity index (χ1n) is 4.39. The summed E-state index contributed by atoms with van der Waals surface area (Å²) in [6.45, 7) is 1.80. The maximum absolute atomic E-state index is 11.2. The Morgan fingerprint density at radius 2 is 2.31 bits per heavy atom. The zero-order valence-corrected chi connectivity index (χ0v) is 9.58. The molecular formula is C10H10ClN3O2. The van der Waals surface area contributed by atoms with Crippen molar-refractivity contribution in [2.24, 2.45) is 5.11 Å². The second-order valence-corrected chi connectivity index (χ2v) is 3.32. The fourth-order valence-electron chi connectivity index (χ4n) is 1.03. The molecule has 0 saturated heterocycles. The first kappa shape index (κ1) is 12.3. The molecule has 6 heteroatoms. The van der Waals surface area contributed by atoms with E-state index in [0.717, 1.165) is 5.69 Å². The van der Waals surface area contributed by atoms with Crippen LogP contribution < -0.4 is 0 Å². The number of halogens is 1. The molecular weight excluding hydrogens is 230 g/mol. The number of nitrogens with zero attached hydrogens (tertiary/aromatic N) is 2. The van der Waals surface area contributed by atoms with E-state index in [1.807, 2.05) is 0 Å². The average Bonchev–Trinajstić information content (AvgIpc) is 2.27. The Balaban J connectivity index is 3.13. The van der Waals surface area contributed by atoms with Gasteiger partial charge >= 0.3 is 5.97 Å². The predicted octanol–water partition coefficient (Wildman–Crippen LogP) is 2.59. The third-order valence-electron chi connectivity index (χ3n) is 1.82. The summed E-state index contributed by atoms with van der Waals surface area (Å²) in [6, 6.07) is 3.44. The zero-order chi connectivity index (χ0) is 12.1. The molecule has 1 rings (SSSR count). The summed E-state index contributed by atoms with van der Waals surface area (Å²) >= 11 is 5.87. The minimum absolute atomic E-state index is 0.130. The van der Waals surface area contributed by atoms with Gasteiger partial charge in [0, 0.05) is 11.3 Å². The predicted molar refractivity (Wildman–Crippen MR) is 59.1 cm³/mol. The van der Waals surface area contributed by atoms with E-state index in [-0.39, 0.29) is 10.9 Å². The number of carbonyl (C=O) groups excluding carboxylic acids is 1. The van der Waals surface area contributed by atoms with Crippen molar-refractivity contribution in [3.05, 3.63) is 34.2 Å². The van der Waals surface area contributed by atoms with E-state index in [9.17, 15) is 4.79 Å². The van der Waals surface area contributed by atoms with E-state index in [2.05, 4.69) is 14.8 Å². The fourth-order valence-corrected chi connectivity index (χ4v) is 1.28. The highest BCUT2D eigenvalue weighted by atomic mass is 35.5. The van der Waals surface area contributed by atoms with Gasteiger partial charge in [-0.05, 0) is 19.1 Å². The lowest BCUT2D eigenvalue weighted by Crippen LogP contribution is -2.02. The van der Waals surface area contributed by atoms with Crippen LogP contribution in [0.3, 0.4) is 0 Å². The summed E-state index contributed by atoms with van der Waals surface area (Å²) in [7, 11) is 1.22. The van der Waals surface area contributed by atoms with Gasteiger partial charge in [0.25, 0.3) is 0 Å². The monoisotopic (exact) mass is 239 g/mol. The molecule has 0 unspecified atom stereocenters. The molecule has 1 aromatic rings. The summed E-state index contributed by atoms with van der Waals surface area (Å²) in [5, 5.41) is 3.32. The normalized spacial score (nSPS) is 11.1. The number of aryl methyl sites for hydroxylation is 1. The van der Waals surface area contributed by atoms with Crippen molar-refractivity contribution in [2.75, 3.05) is 7.11 Å². The number of aromatic nitrogens is 1. The topological polar surface area (TPSA) is 75.4 Å². The number of hydrogen-bond acceptors (Lipinski definition) is 5. The van der Waals surface area contributed by atoms with E-state index in [1.54, 1.807) is 19.1 Å². The standard InChI is InChI=1S/C10H10ClN3O2/c1-6-3-4-7(9(11)13-6)5-8(14-12)10(15)16-2/h3-5,12H,1-2H3. The van der Waals surface area contributed by atoms with Gasteiger partial charge in [0.2, 0.25) is 0 Å². The molecule has 1 heterocycles. The van der Waals surface area contributed by atoms with Crippen molar-refractivity contribution in [1.82, 2.24) is 4.98 Å². The van der Waals surface area contributed by atoms with Gasteiger partial charge in [-0.25, -0.2) is 15.3 Å². The van der Waals surface area contributed by atoms with Crippen LogP contribution in [0.4, 0.5) is 0 Å². The van der Waals surface area contributed by atoms with E-state index >= 15 is 0 Å². The number of carbonyl (C=O) groups is 1. The smallest absolute Gasteiger partial charge is 0.358 e. The number of rotatable bonds is 3. The molecule has 1 N–H and O–H groups in total. The first-order chi connectivity index (χ1) is 7.58. The van der Waals surface area contributed by atoms with Gasteiger partial charge in [-0.1, -0.05) is 17.7 Å². The summed E-state index contributed by atoms with van der Waals surface area (Å²) < 4.78 is 4.45. The van der Waals surface area contributed by atoms with E-state index < -0.39 is 5.97 Å². The Morgan fingerprint density at radius 3 is 2.81 bits per heavy atom. The van der Waals surface area contributed by atoms with Crippen LogP contribution in [-0.2, 0) is 9.53 Å². The van der Waals surface area contributed by atoms with Gasteiger partial charge < -0.3 is 4.74 Å². The highest BCUT2D eigenvalue weighted by molar-refractivity contribution is 6.31. The zero-order valence-electron chi connectivity index (χ0n) is 8.82. The SMILES string of the molecule is COC(=O)C(=Cc1ccc(C)nc1Cl)N=N. The number of esters is 1. The Bertz CT molecular complexity index is 457. The summed E-state index contributed by atoms with van der Waals surface area (Å²) in [5.74, 6) is -0.688. The van der Waals surface area contributed by atoms with Crippen molar-refractivity contribution < 1.29 is 9.53 Å². The Hall–Kier alpha value is -1.75. The number of ether oxygens (including phenoxy) is 1. The highest BCUT2D eigenvalue weighted by Crippen LogP contribution is 2.17.